The molecule has 0 fully saturated rings. The molecule has 1 aromatic carbocycles. The first kappa shape index (κ1) is 11.4. The van der Waals surface area contributed by atoms with Crippen LogP contribution in [0.1, 0.15) is 0 Å². The van der Waals surface area contributed by atoms with Crippen molar-refractivity contribution >= 4 is 11.0 Å². The van der Waals surface area contributed by atoms with Crippen molar-refractivity contribution in [1.29, 1.82) is 0 Å². The molecule has 0 saturated carbocycles. The number of hydrogen-bond donors (Lipinski definition) is 0. The summed E-state index contributed by atoms with van der Waals surface area (Å²) in [5.41, 5.74) is 0.638. The molecule has 0 atom stereocenters. The first-order valence-electron chi connectivity index (χ1n) is 5.68. The lowest BCUT2D eigenvalue weighted by molar-refractivity contribution is 0.415. The third-order valence-electron chi connectivity index (χ3n) is 2.74. The molecule has 0 amide bonds. The monoisotopic (exact) mass is 254 g/mol. The van der Waals surface area contributed by atoms with Crippen LogP contribution in [0.15, 0.2) is 51.8 Å². The Kier molecular flexibility index (Phi) is 2.72. The van der Waals surface area contributed by atoms with Crippen LogP contribution in [0.2, 0.25) is 0 Å². The van der Waals surface area contributed by atoms with Crippen molar-refractivity contribution in [2.24, 2.45) is 0 Å². The van der Waals surface area contributed by atoms with Crippen LogP contribution in [-0.2, 0) is 0 Å². The van der Waals surface area contributed by atoms with Crippen molar-refractivity contribution in [1.82, 2.24) is 9.97 Å². The third-order valence-corrected chi connectivity index (χ3v) is 2.74. The van der Waals surface area contributed by atoms with E-state index in [1.54, 1.807) is 49.7 Å². The van der Waals surface area contributed by atoms with Crippen molar-refractivity contribution in [2.45, 2.75) is 0 Å². The van der Waals surface area contributed by atoms with E-state index in [9.17, 15) is 4.79 Å². The molecule has 2 heterocycles. The Morgan fingerprint density at radius 3 is 2.68 bits per heavy atom. The molecule has 5 heteroatoms. The molecule has 94 valence electrons. The molecule has 0 bridgehead atoms. The summed E-state index contributed by atoms with van der Waals surface area (Å²) < 4.78 is 10.3. The van der Waals surface area contributed by atoms with Crippen molar-refractivity contribution in [3.8, 4) is 17.2 Å². The highest BCUT2D eigenvalue weighted by atomic mass is 16.5. The summed E-state index contributed by atoms with van der Waals surface area (Å²) in [6.45, 7) is 0. The Morgan fingerprint density at radius 2 is 1.95 bits per heavy atom. The van der Waals surface area contributed by atoms with E-state index >= 15 is 0 Å². The lowest BCUT2D eigenvalue weighted by atomic mass is 10.2. The smallest absolute Gasteiger partial charge is 0.348 e. The number of benzene rings is 1. The molecule has 0 aliphatic rings. The summed E-state index contributed by atoms with van der Waals surface area (Å²) >= 11 is 0. The fourth-order valence-corrected chi connectivity index (χ4v) is 1.76. The SMILES string of the molecule is COc1ccc(-c2nc3ncccc3c(=O)o2)cc1. The summed E-state index contributed by atoms with van der Waals surface area (Å²) in [6, 6.07) is 10.4. The number of ether oxygens (including phenoxy) is 1. The van der Waals surface area contributed by atoms with Gasteiger partial charge in [0, 0.05) is 11.8 Å². The molecule has 0 N–H and O–H groups in total. The number of methoxy groups -OCH3 is 1. The van der Waals surface area contributed by atoms with Gasteiger partial charge < -0.3 is 9.15 Å². The van der Waals surface area contributed by atoms with Gasteiger partial charge in [-0.15, -0.1) is 0 Å². The Morgan fingerprint density at radius 1 is 1.16 bits per heavy atom. The standard InChI is InChI=1S/C14H10N2O3/c1-18-10-6-4-9(5-7-10)13-16-12-11(14(17)19-13)3-2-8-15-12/h2-8H,1H3. The van der Waals surface area contributed by atoms with Crippen molar-refractivity contribution < 1.29 is 9.15 Å². The van der Waals surface area contributed by atoms with Crippen molar-refractivity contribution in [3.63, 3.8) is 0 Å². The van der Waals surface area contributed by atoms with Gasteiger partial charge in [0.15, 0.2) is 5.65 Å². The molecule has 0 spiro atoms. The van der Waals surface area contributed by atoms with Gasteiger partial charge in [0.05, 0.1) is 7.11 Å². The van der Waals surface area contributed by atoms with Gasteiger partial charge in [0.2, 0.25) is 5.89 Å². The molecule has 0 aliphatic carbocycles. The first-order chi connectivity index (χ1) is 9.28. The molecular weight excluding hydrogens is 244 g/mol. The number of nitrogens with zero attached hydrogens (tertiary/aromatic N) is 2. The second kappa shape index (κ2) is 4.53. The normalized spacial score (nSPS) is 10.6. The maximum atomic E-state index is 11.8. The minimum atomic E-state index is -0.441. The topological polar surface area (TPSA) is 65.2 Å². The van der Waals surface area contributed by atoms with Gasteiger partial charge in [-0.25, -0.2) is 9.78 Å². The maximum Gasteiger partial charge on any atom is 0.348 e. The fourth-order valence-electron chi connectivity index (χ4n) is 1.76. The molecule has 0 radical (unpaired) electrons. The average Bonchev–Trinajstić information content (AvgIpc) is 2.47. The molecular formula is C14H10N2O3. The Hall–Kier alpha value is -2.69. The maximum absolute atomic E-state index is 11.8. The van der Waals surface area contributed by atoms with Gasteiger partial charge in [0.1, 0.15) is 11.1 Å². The van der Waals surface area contributed by atoms with E-state index in [0.717, 1.165) is 5.75 Å². The molecule has 19 heavy (non-hydrogen) atoms. The van der Waals surface area contributed by atoms with E-state index in [0.29, 0.717) is 16.6 Å². The van der Waals surface area contributed by atoms with E-state index < -0.39 is 5.63 Å². The number of rotatable bonds is 2. The minimum absolute atomic E-state index is 0.249. The lowest BCUT2D eigenvalue weighted by Crippen LogP contribution is -2.03. The zero-order chi connectivity index (χ0) is 13.2. The molecule has 5 nitrogen and oxygen atoms in total. The first-order valence-corrected chi connectivity index (χ1v) is 5.68. The van der Waals surface area contributed by atoms with Crippen LogP contribution in [0.3, 0.4) is 0 Å². The Labute approximate surface area is 108 Å². The van der Waals surface area contributed by atoms with Crippen molar-refractivity contribution in [2.75, 3.05) is 7.11 Å². The van der Waals surface area contributed by atoms with Crippen LogP contribution in [0.5, 0.6) is 5.75 Å². The highest BCUT2D eigenvalue weighted by Crippen LogP contribution is 2.20. The number of aromatic nitrogens is 2. The lowest BCUT2D eigenvalue weighted by Gasteiger charge is -2.02. The Balaban J connectivity index is 2.16. The van der Waals surface area contributed by atoms with Crippen LogP contribution in [0.4, 0.5) is 0 Å². The fraction of sp³-hybridized carbons (Fsp3) is 0.0714. The second-order valence-corrected chi connectivity index (χ2v) is 3.91. The third kappa shape index (κ3) is 2.06. The van der Waals surface area contributed by atoms with Crippen LogP contribution < -0.4 is 10.4 Å². The largest absolute Gasteiger partial charge is 0.497 e. The highest BCUT2D eigenvalue weighted by Gasteiger charge is 2.08. The van der Waals surface area contributed by atoms with Gasteiger partial charge in [-0.05, 0) is 36.4 Å². The van der Waals surface area contributed by atoms with Crippen LogP contribution in [-0.4, -0.2) is 17.1 Å². The summed E-state index contributed by atoms with van der Waals surface area (Å²) in [7, 11) is 1.59. The molecule has 2 aromatic heterocycles. The van der Waals surface area contributed by atoms with Gasteiger partial charge in [-0.3, -0.25) is 0 Å². The summed E-state index contributed by atoms with van der Waals surface area (Å²) in [6.07, 6.45) is 1.59. The zero-order valence-corrected chi connectivity index (χ0v) is 10.2. The summed E-state index contributed by atoms with van der Waals surface area (Å²) in [5, 5.41) is 0.375. The van der Waals surface area contributed by atoms with Gasteiger partial charge in [-0.2, -0.15) is 4.98 Å². The second-order valence-electron chi connectivity index (χ2n) is 3.91. The highest BCUT2D eigenvalue weighted by molar-refractivity contribution is 5.74. The van der Waals surface area contributed by atoms with Crippen LogP contribution >= 0.6 is 0 Å². The predicted octanol–water partition coefficient (Wildman–Crippen LogP) is 2.26. The van der Waals surface area contributed by atoms with E-state index in [4.69, 9.17) is 9.15 Å². The number of fused-ring (bicyclic) bond motifs is 1. The van der Waals surface area contributed by atoms with E-state index in [2.05, 4.69) is 9.97 Å². The summed E-state index contributed by atoms with van der Waals surface area (Å²) in [4.78, 5) is 20.1. The minimum Gasteiger partial charge on any atom is -0.497 e. The van der Waals surface area contributed by atoms with E-state index in [1.807, 2.05) is 0 Å². The van der Waals surface area contributed by atoms with Crippen LogP contribution in [0.25, 0.3) is 22.5 Å². The van der Waals surface area contributed by atoms with Gasteiger partial charge in [-0.1, -0.05) is 0 Å². The van der Waals surface area contributed by atoms with Crippen LogP contribution in [0, 0.1) is 0 Å². The number of pyridine rings is 1. The molecule has 0 saturated heterocycles. The number of hydrogen-bond acceptors (Lipinski definition) is 5. The molecule has 0 aliphatic heterocycles. The Bertz CT molecular complexity index is 779. The van der Waals surface area contributed by atoms with E-state index in [-0.39, 0.29) is 5.89 Å². The molecule has 0 unspecified atom stereocenters. The molecule has 3 rings (SSSR count). The van der Waals surface area contributed by atoms with Crippen molar-refractivity contribution in [3.05, 3.63) is 53.0 Å². The van der Waals surface area contributed by atoms with Gasteiger partial charge >= 0.3 is 5.63 Å². The quantitative estimate of drug-likeness (QED) is 0.701. The zero-order valence-electron chi connectivity index (χ0n) is 10.2. The summed E-state index contributed by atoms with van der Waals surface area (Å²) in [5.74, 6) is 0.976. The predicted molar refractivity (Wildman–Crippen MR) is 70.1 cm³/mol. The van der Waals surface area contributed by atoms with Gasteiger partial charge in [0.25, 0.3) is 0 Å². The van der Waals surface area contributed by atoms with E-state index in [1.165, 1.54) is 0 Å². The molecule has 3 aromatic rings. The average molecular weight is 254 g/mol.